The van der Waals surface area contributed by atoms with E-state index in [-0.39, 0.29) is 18.0 Å². The first-order valence-corrected chi connectivity index (χ1v) is 8.28. The van der Waals surface area contributed by atoms with Gasteiger partial charge in [-0.05, 0) is 39.7 Å². The Morgan fingerprint density at radius 3 is 2.77 bits per heavy atom. The molecule has 2 rings (SSSR count). The van der Waals surface area contributed by atoms with Crippen LogP contribution in [0.15, 0.2) is 11.3 Å². The number of rotatable bonds is 5. The summed E-state index contributed by atoms with van der Waals surface area (Å²) in [5, 5.41) is 5.63. The van der Waals surface area contributed by atoms with Crippen LogP contribution >= 0.6 is 0 Å². The van der Waals surface area contributed by atoms with Crippen molar-refractivity contribution >= 4 is 12.0 Å². The molecule has 0 aromatic rings. The van der Waals surface area contributed by atoms with Gasteiger partial charge in [-0.3, -0.25) is 4.90 Å². The Bertz CT molecular complexity index is 462. The van der Waals surface area contributed by atoms with E-state index in [1.165, 1.54) is 6.42 Å². The number of nitrogens with one attached hydrogen (secondary N) is 2. The summed E-state index contributed by atoms with van der Waals surface area (Å²) in [5.74, 6) is -0.332. The van der Waals surface area contributed by atoms with Gasteiger partial charge in [0.15, 0.2) is 0 Å². The first-order valence-electron chi connectivity index (χ1n) is 8.28. The number of hydrogen-bond donors (Lipinski definition) is 2. The van der Waals surface area contributed by atoms with Crippen LogP contribution in [0.2, 0.25) is 0 Å². The quantitative estimate of drug-likeness (QED) is 0.759. The molecule has 2 atom stereocenters. The molecule has 2 N–H and O–H groups in total. The average Bonchev–Trinajstić information content (AvgIpc) is 2.49. The van der Waals surface area contributed by atoms with Gasteiger partial charge in [0.1, 0.15) is 0 Å². The van der Waals surface area contributed by atoms with E-state index >= 15 is 0 Å². The predicted molar refractivity (Wildman–Crippen MR) is 84.3 cm³/mol. The molecule has 0 bridgehead atoms. The van der Waals surface area contributed by atoms with E-state index in [1.54, 1.807) is 6.92 Å². The van der Waals surface area contributed by atoms with E-state index in [0.717, 1.165) is 19.4 Å². The van der Waals surface area contributed by atoms with Crippen molar-refractivity contribution in [3.05, 3.63) is 11.3 Å². The monoisotopic (exact) mass is 309 g/mol. The number of piperidine rings is 1. The summed E-state index contributed by atoms with van der Waals surface area (Å²) in [5.41, 5.74) is 1.27. The lowest BCUT2D eigenvalue weighted by Crippen LogP contribution is -2.53. The number of carbonyl (C=O) groups is 2. The maximum Gasteiger partial charge on any atom is 0.337 e. The molecule has 0 aromatic heterocycles. The van der Waals surface area contributed by atoms with Crippen molar-refractivity contribution in [1.29, 1.82) is 0 Å². The summed E-state index contributed by atoms with van der Waals surface area (Å²) in [6, 6.07) is -0.0426. The van der Waals surface area contributed by atoms with Crippen LogP contribution in [-0.2, 0) is 9.53 Å². The van der Waals surface area contributed by atoms with Crippen molar-refractivity contribution in [3.8, 4) is 0 Å². The van der Waals surface area contributed by atoms with Crippen LogP contribution in [0.1, 0.15) is 46.5 Å². The van der Waals surface area contributed by atoms with E-state index < -0.39 is 0 Å². The van der Waals surface area contributed by atoms with Crippen molar-refractivity contribution in [3.63, 3.8) is 0 Å². The summed E-state index contributed by atoms with van der Waals surface area (Å²) >= 11 is 0. The van der Waals surface area contributed by atoms with Crippen molar-refractivity contribution < 1.29 is 14.3 Å². The van der Waals surface area contributed by atoms with Crippen LogP contribution < -0.4 is 10.6 Å². The maximum atomic E-state index is 12.3. The summed E-state index contributed by atoms with van der Waals surface area (Å²) in [6.07, 6.45) is 4.23. The lowest BCUT2D eigenvalue weighted by Gasteiger charge is -2.36. The molecule has 1 saturated heterocycles. The highest BCUT2D eigenvalue weighted by Crippen LogP contribution is 2.22. The average molecular weight is 309 g/mol. The van der Waals surface area contributed by atoms with E-state index in [2.05, 4.69) is 22.5 Å². The third kappa shape index (κ3) is 3.80. The summed E-state index contributed by atoms with van der Waals surface area (Å²) in [7, 11) is 0. The van der Waals surface area contributed by atoms with Crippen molar-refractivity contribution in [2.45, 2.75) is 58.5 Å². The minimum Gasteiger partial charge on any atom is -0.463 e. The second-order valence-electron chi connectivity index (χ2n) is 5.99. The highest BCUT2D eigenvalue weighted by atomic mass is 16.5. The number of urea groups is 1. The highest BCUT2D eigenvalue weighted by molar-refractivity contribution is 5.94. The number of likely N-dealkylation sites (tertiary alicyclic amines) is 1. The van der Waals surface area contributed by atoms with E-state index in [9.17, 15) is 9.59 Å². The van der Waals surface area contributed by atoms with E-state index in [4.69, 9.17) is 4.74 Å². The first kappa shape index (κ1) is 16.8. The minimum absolute atomic E-state index is 0.237. The Hall–Kier alpha value is -1.56. The van der Waals surface area contributed by atoms with Crippen LogP contribution in [0.5, 0.6) is 0 Å². The molecule has 1 fully saturated rings. The van der Waals surface area contributed by atoms with Crippen molar-refractivity contribution in [2.24, 2.45) is 0 Å². The molecule has 0 spiro atoms. The second kappa shape index (κ2) is 7.63. The van der Waals surface area contributed by atoms with Crippen LogP contribution in [0.25, 0.3) is 0 Å². The molecule has 0 unspecified atom stereocenters. The Kier molecular flexibility index (Phi) is 5.83. The summed E-state index contributed by atoms with van der Waals surface area (Å²) < 4.78 is 5.19. The summed E-state index contributed by atoms with van der Waals surface area (Å²) in [6.45, 7) is 7.88. The third-order valence-electron chi connectivity index (χ3n) is 4.45. The molecule has 6 nitrogen and oxygen atoms in total. The number of nitrogens with zero attached hydrogens (tertiary/aromatic N) is 1. The van der Waals surface area contributed by atoms with Crippen molar-refractivity contribution in [2.75, 3.05) is 19.7 Å². The number of amides is 2. The van der Waals surface area contributed by atoms with Crippen LogP contribution in [0.3, 0.4) is 0 Å². The molecule has 0 aromatic carbocycles. The van der Waals surface area contributed by atoms with E-state index in [1.807, 2.05) is 6.92 Å². The number of ether oxygens (including phenoxy) is 1. The van der Waals surface area contributed by atoms with Gasteiger partial charge in [0, 0.05) is 18.3 Å². The maximum absolute atomic E-state index is 12.3. The van der Waals surface area contributed by atoms with Gasteiger partial charge in [-0.2, -0.15) is 0 Å². The Balaban J connectivity index is 2.26. The topological polar surface area (TPSA) is 70.7 Å². The zero-order chi connectivity index (χ0) is 16.1. The van der Waals surface area contributed by atoms with Crippen LogP contribution in [-0.4, -0.2) is 48.7 Å². The predicted octanol–water partition coefficient (Wildman–Crippen LogP) is 1.77. The molecular weight excluding hydrogens is 282 g/mol. The zero-order valence-electron chi connectivity index (χ0n) is 13.8. The largest absolute Gasteiger partial charge is 0.463 e. The molecule has 2 aliphatic heterocycles. The Labute approximate surface area is 132 Å². The Morgan fingerprint density at radius 2 is 2.14 bits per heavy atom. The highest BCUT2D eigenvalue weighted by Gasteiger charge is 2.33. The van der Waals surface area contributed by atoms with Gasteiger partial charge in [-0.25, -0.2) is 9.59 Å². The first-order chi connectivity index (χ1) is 10.6. The molecule has 22 heavy (non-hydrogen) atoms. The van der Waals surface area contributed by atoms with Gasteiger partial charge in [0.05, 0.1) is 18.2 Å². The Morgan fingerprint density at radius 1 is 1.36 bits per heavy atom. The summed E-state index contributed by atoms with van der Waals surface area (Å²) in [4.78, 5) is 26.5. The number of hydrogen-bond acceptors (Lipinski definition) is 4. The lowest BCUT2D eigenvalue weighted by molar-refractivity contribution is -0.139. The second-order valence-corrected chi connectivity index (χ2v) is 5.99. The molecular formula is C16H27N3O3. The lowest BCUT2D eigenvalue weighted by atomic mass is 9.98. The molecule has 124 valence electrons. The van der Waals surface area contributed by atoms with Gasteiger partial charge in [-0.1, -0.05) is 13.3 Å². The number of esters is 1. The normalized spacial score (nSPS) is 26.4. The third-order valence-corrected chi connectivity index (χ3v) is 4.45. The van der Waals surface area contributed by atoms with Gasteiger partial charge < -0.3 is 15.4 Å². The van der Waals surface area contributed by atoms with Gasteiger partial charge in [-0.15, -0.1) is 0 Å². The fourth-order valence-corrected chi connectivity index (χ4v) is 3.18. The fourth-order valence-electron chi connectivity index (χ4n) is 3.18. The smallest absolute Gasteiger partial charge is 0.337 e. The molecule has 2 aliphatic rings. The van der Waals surface area contributed by atoms with Crippen LogP contribution in [0.4, 0.5) is 4.79 Å². The van der Waals surface area contributed by atoms with Crippen LogP contribution in [0, 0.1) is 0 Å². The van der Waals surface area contributed by atoms with Gasteiger partial charge in [0.2, 0.25) is 0 Å². The fraction of sp³-hybridized carbons (Fsp3) is 0.750. The zero-order valence-corrected chi connectivity index (χ0v) is 13.8. The molecule has 0 radical (unpaired) electrons. The SMILES string of the molecule is CCOC(=O)C1=C(CN2CCCC[C@@H]2C)NC(=O)N[C@@H]1CC. The van der Waals surface area contributed by atoms with Gasteiger partial charge in [0.25, 0.3) is 0 Å². The van der Waals surface area contributed by atoms with Gasteiger partial charge >= 0.3 is 12.0 Å². The molecule has 0 saturated carbocycles. The minimum atomic E-state index is -0.332. The standard InChI is InChI=1S/C16H27N3O3/c1-4-12-14(15(20)22-5-2)13(18-16(21)17-12)10-19-9-7-6-8-11(19)3/h11-12H,4-10H2,1-3H3,(H2,17,18,21)/t11-,12+/m0/s1. The molecule has 6 heteroatoms. The van der Waals surface area contributed by atoms with Crippen molar-refractivity contribution in [1.82, 2.24) is 15.5 Å². The van der Waals surface area contributed by atoms with E-state index in [0.29, 0.717) is 36.9 Å². The number of carbonyl (C=O) groups excluding carboxylic acids is 2. The molecule has 2 heterocycles. The molecule has 2 amide bonds. The molecule has 0 aliphatic carbocycles.